The van der Waals surface area contributed by atoms with Crippen molar-refractivity contribution in [2.24, 2.45) is 5.14 Å². The minimum Gasteiger partial charge on any atom is -0.495 e. The van der Waals surface area contributed by atoms with E-state index in [4.69, 9.17) is 14.3 Å². The normalized spacial score (nSPS) is 14.4. The third-order valence-electron chi connectivity index (χ3n) is 5.64. The van der Waals surface area contributed by atoms with Gasteiger partial charge in [0.1, 0.15) is 17.6 Å². The first-order valence-electron chi connectivity index (χ1n) is 10.7. The molecule has 3 heterocycles. The first-order valence-corrected chi connectivity index (χ1v) is 11.5. The first kappa shape index (κ1) is 22.8. The van der Waals surface area contributed by atoms with Crippen LogP contribution in [0.5, 0.6) is 5.75 Å². The van der Waals surface area contributed by atoms with E-state index in [2.05, 4.69) is 45.5 Å². The van der Waals surface area contributed by atoms with Gasteiger partial charge in [-0.2, -0.15) is 5.26 Å². The average Bonchev–Trinajstić information content (AvgIpc) is 3.20. The molecule has 0 bridgehead atoms. The summed E-state index contributed by atoms with van der Waals surface area (Å²) in [6.45, 7) is 2.49. The number of benzene rings is 1. The third-order valence-corrected chi connectivity index (χ3v) is 6.16. The predicted octanol–water partition coefficient (Wildman–Crippen LogP) is 3.64. The number of furan rings is 1. The molecular weight excluding hydrogens is 436 g/mol. The van der Waals surface area contributed by atoms with E-state index in [0.717, 1.165) is 59.7 Å². The van der Waals surface area contributed by atoms with Gasteiger partial charge in [-0.3, -0.25) is 5.14 Å². The summed E-state index contributed by atoms with van der Waals surface area (Å²) in [6, 6.07) is 10.1. The van der Waals surface area contributed by atoms with Crippen LogP contribution < -0.4 is 20.5 Å². The second-order valence-corrected chi connectivity index (χ2v) is 8.55. The number of aromatic nitrogens is 1. The molecule has 0 aliphatic carbocycles. The van der Waals surface area contributed by atoms with Crippen LogP contribution >= 0.6 is 11.9 Å². The fraction of sp³-hybridized carbons (Fsp3) is 0.333. The van der Waals surface area contributed by atoms with E-state index in [1.54, 1.807) is 13.3 Å². The van der Waals surface area contributed by atoms with Crippen LogP contribution in [0.4, 0.5) is 11.5 Å². The highest BCUT2D eigenvalue weighted by molar-refractivity contribution is 7.97. The fourth-order valence-corrected chi connectivity index (χ4v) is 4.13. The Kier molecular flexibility index (Phi) is 7.26. The fourth-order valence-electron chi connectivity index (χ4n) is 3.81. The van der Waals surface area contributed by atoms with E-state index in [0.29, 0.717) is 29.5 Å². The third kappa shape index (κ3) is 5.35. The number of hydrogen-bond acceptors (Lipinski definition) is 9. The Morgan fingerprint density at radius 3 is 2.88 bits per heavy atom. The maximum atomic E-state index is 9.53. The molecule has 0 saturated carbocycles. The SMILES string of the molecule is COc1cc(SN)ccc1NCC#Cc1c(C#N)oc2cnc(NC3CCN(C)CC3)cc12. The van der Waals surface area contributed by atoms with Gasteiger partial charge in [0, 0.05) is 16.3 Å². The van der Waals surface area contributed by atoms with Crippen LogP contribution in [0.25, 0.3) is 11.0 Å². The molecule has 1 fully saturated rings. The highest BCUT2D eigenvalue weighted by atomic mass is 32.2. The number of ether oxygens (including phenoxy) is 1. The predicted molar refractivity (Wildman–Crippen MR) is 131 cm³/mol. The molecule has 170 valence electrons. The van der Waals surface area contributed by atoms with Crippen LogP contribution in [0, 0.1) is 23.2 Å². The Morgan fingerprint density at radius 2 is 2.15 bits per heavy atom. The van der Waals surface area contributed by atoms with Crippen molar-refractivity contribution in [2.45, 2.75) is 23.8 Å². The molecule has 0 spiro atoms. The van der Waals surface area contributed by atoms with Crippen LogP contribution in [0.1, 0.15) is 24.2 Å². The molecule has 0 atom stereocenters. The summed E-state index contributed by atoms with van der Waals surface area (Å²) in [5.41, 5.74) is 1.94. The minimum atomic E-state index is 0.192. The number of piperidine rings is 1. The first-order chi connectivity index (χ1) is 16.1. The Hall–Kier alpha value is -3.37. The van der Waals surface area contributed by atoms with E-state index in [1.807, 2.05) is 24.3 Å². The zero-order valence-corrected chi connectivity index (χ0v) is 19.5. The van der Waals surface area contributed by atoms with Gasteiger partial charge in [0.25, 0.3) is 0 Å². The molecule has 4 rings (SSSR count). The molecule has 1 aliphatic rings. The quantitative estimate of drug-likeness (QED) is 0.373. The summed E-state index contributed by atoms with van der Waals surface area (Å²) in [5, 5.41) is 22.7. The zero-order valence-electron chi connectivity index (χ0n) is 18.6. The van der Waals surface area contributed by atoms with Crippen LogP contribution in [0.2, 0.25) is 0 Å². The Bertz CT molecular complexity index is 1230. The van der Waals surface area contributed by atoms with Crippen molar-refractivity contribution in [3.05, 3.63) is 41.8 Å². The molecule has 1 aromatic carbocycles. The van der Waals surface area contributed by atoms with Crippen molar-refractivity contribution in [3.8, 4) is 23.7 Å². The van der Waals surface area contributed by atoms with Gasteiger partial charge in [-0.1, -0.05) is 11.8 Å². The molecule has 4 N–H and O–H groups in total. The molecule has 3 aromatic rings. The van der Waals surface area contributed by atoms with Gasteiger partial charge in [0.15, 0.2) is 5.58 Å². The van der Waals surface area contributed by atoms with Gasteiger partial charge in [-0.25, -0.2) is 4.98 Å². The van der Waals surface area contributed by atoms with E-state index in [1.165, 1.54) is 0 Å². The van der Waals surface area contributed by atoms with Crippen molar-refractivity contribution < 1.29 is 9.15 Å². The number of anilines is 2. The van der Waals surface area contributed by atoms with E-state index in [9.17, 15) is 5.26 Å². The largest absolute Gasteiger partial charge is 0.495 e. The number of likely N-dealkylation sites (tertiary alicyclic amines) is 1. The van der Waals surface area contributed by atoms with Crippen molar-refractivity contribution in [3.63, 3.8) is 0 Å². The van der Waals surface area contributed by atoms with Gasteiger partial charge in [0.2, 0.25) is 5.76 Å². The number of nitrogens with zero attached hydrogens (tertiary/aromatic N) is 3. The van der Waals surface area contributed by atoms with Crippen molar-refractivity contribution >= 4 is 34.4 Å². The number of pyridine rings is 1. The van der Waals surface area contributed by atoms with Crippen molar-refractivity contribution in [1.82, 2.24) is 9.88 Å². The molecule has 33 heavy (non-hydrogen) atoms. The molecule has 2 aromatic heterocycles. The summed E-state index contributed by atoms with van der Waals surface area (Å²) in [4.78, 5) is 7.70. The smallest absolute Gasteiger partial charge is 0.220 e. The second-order valence-electron chi connectivity index (χ2n) is 7.84. The number of nitriles is 1. The number of nitrogens with one attached hydrogen (secondary N) is 2. The number of fused-ring (bicyclic) bond motifs is 1. The van der Waals surface area contributed by atoms with Gasteiger partial charge in [0.05, 0.1) is 31.1 Å². The highest BCUT2D eigenvalue weighted by Crippen LogP contribution is 2.29. The van der Waals surface area contributed by atoms with Crippen molar-refractivity contribution in [2.75, 3.05) is 44.4 Å². The van der Waals surface area contributed by atoms with Crippen molar-refractivity contribution in [1.29, 1.82) is 5.26 Å². The summed E-state index contributed by atoms with van der Waals surface area (Å²) >= 11 is 1.16. The monoisotopic (exact) mass is 462 g/mol. The van der Waals surface area contributed by atoms with Gasteiger partial charge >= 0.3 is 0 Å². The summed E-state index contributed by atoms with van der Waals surface area (Å²) in [7, 11) is 3.75. The molecule has 0 radical (unpaired) electrons. The van der Waals surface area contributed by atoms with E-state index in [-0.39, 0.29) is 5.76 Å². The Balaban J connectivity index is 1.51. The van der Waals surface area contributed by atoms with Crippen LogP contribution in [0.3, 0.4) is 0 Å². The van der Waals surface area contributed by atoms with Crippen LogP contribution in [0.15, 0.2) is 39.8 Å². The standard InChI is InChI=1S/C24H26N6O2S/c1-30-10-7-16(8-11-30)29-24-13-19-18(22(14-25)32-23(19)15-28-24)4-3-9-27-20-6-5-17(33-26)12-21(20)31-2/h5-6,12-13,15-16,27H,7-11,26H2,1-2H3,(H,28,29). The van der Waals surface area contributed by atoms with Gasteiger partial charge in [-0.15, -0.1) is 0 Å². The maximum Gasteiger partial charge on any atom is 0.220 e. The number of nitrogens with two attached hydrogens (primary N) is 1. The molecule has 9 heteroatoms. The zero-order chi connectivity index (χ0) is 23.2. The highest BCUT2D eigenvalue weighted by Gasteiger charge is 2.18. The molecule has 8 nitrogen and oxygen atoms in total. The topological polar surface area (TPSA) is 112 Å². The van der Waals surface area contributed by atoms with E-state index >= 15 is 0 Å². The lowest BCUT2D eigenvalue weighted by molar-refractivity contribution is 0.263. The molecule has 1 saturated heterocycles. The lowest BCUT2D eigenvalue weighted by Gasteiger charge is -2.29. The molecule has 0 unspecified atom stereocenters. The van der Waals surface area contributed by atoms with Gasteiger partial charge in [-0.05, 0) is 69.2 Å². The average molecular weight is 463 g/mol. The van der Waals surface area contributed by atoms with Gasteiger partial charge < -0.3 is 24.7 Å². The Morgan fingerprint density at radius 1 is 1.33 bits per heavy atom. The van der Waals surface area contributed by atoms with E-state index < -0.39 is 0 Å². The summed E-state index contributed by atoms with van der Waals surface area (Å²) in [5.74, 6) is 7.83. The number of rotatable bonds is 6. The van der Waals surface area contributed by atoms with Crippen LogP contribution in [-0.4, -0.2) is 49.7 Å². The van der Waals surface area contributed by atoms with Crippen LogP contribution in [-0.2, 0) is 0 Å². The number of hydrogen-bond donors (Lipinski definition) is 3. The maximum absolute atomic E-state index is 9.53. The Labute approximate surface area is 197 Å². The molecular formula is C24H26N6O2S. The second kappa shape index (κ2) is 10.5. The molecule has 1 aliphatic heterocycles. The lowest BCUT2D eigenvalue weighted by Crippen LogP contribution is -2.36. The lowest BCUT2D eigenvalue weighted by atomic mass is 10.1. The summed E-state index contributed by atoms with van der Waals surface area (Å²) in [6.07, 6.45) is 3.79. The minimum absolute atomic E-state index is 0.192. The summed E-state index contributed by atoms with van der Waals surface area (Å²) < 4.78 is 11.1. The molecule has 0 amide bonds. The number of methoxy groups -OCH3 is 1.